The van der Waals surface area contributed by atoms with Crippen molar-refractivity contribution in [1.82, 2.24) is 9.80 Å². The van der Waals surface area contributed by atoms with Gasteiger partial charge < -0.3 is 20.3 Å². The Labute approximate surface area is 154 Å². The van der Waals surface area contributed by atoms with E-state index < -0.39 is 0 Å². The number of piperidine rings is 1. The second kappa shape index (κ2) is 8.40. The standard InChI is InChI=1S/C19H28N4O3/c1-14(24)20-15-6-7-18(26-2)17(12-15)21-19(25)23-11-8-16(13-23)22-9-4-3-5-10-22/h6-7,12,16H,3-5,8-11,13H2,1-2H3,(H,20,24)(H,21,25)/t16-/m1/s1. The first-order valence-corrected chi connectivity index (χ1v) is 9.32. The highest BCUT2D eigenvalue weighted by Gasteiger charge is 2.31. The van der Waals surface area contributed by atoms with Gasteiger partial charge in [0.25, 0.3) is 0 Å². The first kappa shape index (κ1) is 18.5. The zero-order chi connectivity index (χ0) is 18.5. The van der Waals surface area contributed by atoms with Crippen molar-refractivity contribution in [2.24, 2.45) is 0 Å². The van der Waals surface area contributed by atoms with Crippen LogP contribution in [0.2, 0.25) is 0 Å². The van der Waals surface area contributed by atoms with Crippen LogP contribution < -0.4 is 15.4 Å². The normalized spacial score (nSPS) is 20.7. The number of carbonyl (C=O) groups is 2. The van der Waals surface area contributed by atoms with E-state index in [0.29, 0.717) is 23.2 Å². The molecule has 0 unspecified atom stereocenters. The molecule has 0 spiro atoms. The summed E-state index contributed by atoms with van der Waals surface area (Å²) < 4.78 is 5.33. The van der Waals surface area contributed by atoms with Gasteiger partial charge in [-0.2, -0.15) is 0 Å². The third-order valence-electron chi connectivity index (χ3n) is 5.12. The van der Waals surface area contributed by atoms with Gasteiger partial charge in [0, 0.05) is 31.7 Å². The molecule has 2 aliphatic rings. The summed E-state index contributed by atoms with van der Waals surface area (Å²) in [4.78, 5) is 28.3. The predicted molar refractivity (Wildman–Crippen MR) is 102 cm³/mol. The molecule has 2 fully saturated rings. The topological polar surface area (TPSA) is 73.9 Å². The van der Waals surface area contributed by atoms with E-state index in [0.717, 1.165) is 32.6 Å². The number of hydrogen-bond donors (Lipinski definition) is 2. The Bertz CT molecular complexity index is 658. The van der Waals surface area contributed by atoms with E-state index in [4.69, 9.17) is 4.74 Å². The minimum absolute atomic E-state index is 0.122. The van der Waals surface area contributed by atoms with Crippen LogP contribution in [-0.2, 0) is 4.79 Å². The summed E-state index contributed by atoms with van der Waals surface area (Å²) in [6, 6.07) is 5.55. The number of nitrogens with zero attached hydrogens (tertiary/aromatic N) is 2. The molecule has 1 aromatic carbocycles. The molecule has 0 aliphatic carbocycles. The highest BCUT2D eigenvalue weighted by Crippen LogP contribution is 2.29. The number of carbonyl (C=O) groups excluding carboxylic acids is 2. The molecule has 1 aromatic rings. The average Bonchev–Trinajstić information content (AvgIpc) is 3.12. The number of anilines is 2. The molecule has 142 valence electrons. The van der Waals surface area contributed by atoms with Crippen molar-refractivity contribution in [3.8, 4) is 5.75 Å². The lowest BCUT2D eigenvalue weighted by Gasteiger charge is -2.32. The van der Waals surface area contributed by atoms with Gasteiger partial charge >= 0.3 is 6.03 Å². The van der Waals surface area contributed by atoms with Crippen LogP contribution in [0, 0.1) is 0 Å². The van der Waals surface area contributed by atoms with Crippen molar-refractivity contribution in [2.75, 3.05) is 43.9 Å². The van der Waals surface area contributed by atoms with E-state index in [1.807, 2.05) is 4.90 Å². The fraction of sp³-hybridized carbons (Fsp3) is 0.579. The Balaban J connectivity index is 1.63. The van der Waals surface area contributed by atoms with E-state index in [-0.39, 0.29) is 11.9 Å². The smallest absolute Gasteiger partial charge is 0.322 e. The van der Waals surface area contributed by atoms with Crippen molar-refractivity contribution in [3.63, 3.8) is 0 Å². The molecule has 3 amide bonds. The second-order valence-electron chi connectivity index (χ2n) is 7.01. The van der Waals surface area contributed by atoms with Gasteiger partial charge in [-0.25, -0.2) is 4.79 Å². The van der Waals surface area contributed by atoms with Crippen LogP contribution >= 0.6 is 0 Å². The maximum absolute atomic E-state index is 12.7. The Hall–Kier alpha value is -2.28. The minimum Gasteiger partial charge on any atom is -0.495 e. The van der Waals surface area contributed by atoms with Crippen LogP contribution in [-0.4, -0.2) is 61.1 Å². The Kier molecular flexibility index (Phi) is 5.98. The number of urea groups is 1. The molecule has 2 N–H and O–H groups in total. The maximum atomic E-state index is 12.7. The lowest BCUT2D eigenvalue weighted by Crippen LogP contribution is -2.42. The summed E-state index contributed by atoms with van der Waals surface area (Å²) in [7, 11) is 1.56. The van der Waals surface area contributed by atoms with Crippen LogP contribution in [0.25, 0.3) is 0 Å². The fourth-order valence-electron chi connectivity index (χ4n) is 3.79. The van der Waals surface area contributed by atoms with Gasteiger partial charge in [0.1, 0.15) is 5.75 Å². The largest absolute Gasteiger partial charge is 0.495 e. The van der Waals surface area contributed by atoms with Crippen LogP contribution in [0.1, 0.15) is 32.6 Å². The molecule has 0 saturated carbocycles. The summed E-state index contributed by atoms with van der Waals surface area (Å²) in [5.41, 5.74) is 1.19. The second-order valence-corrected chi connectivity index (χ2v) is 7.01. The number of hydrogen-bond acceptors (Lipinski definition) is 4. The Morgan fingerprint density at radius 1 is 1.12 bits per heavy atom. The van der Waals surface area contributed by atoms with Crippen molar-refractivity contribution >= 4 is 23.3 Å². The summed E-state index contributed by atoms with van der Waals surface area (Å²) in [6.07, 6.45) is 4.86. The quantitative estimate of drug-likeness (QED) is 0.866. The Morgan fingerprint density at radius 2 is 1.88 bits per heavy atom. The molecule has 0 radical (unpaired) electrons. The number of nitrogens with one attached hydrogen (secondary N) is 2. The van der Waals surface area contributed by atoms with Crippen LogP contribution in [0.5, 0.6) is 5.75 Å². The maximum Gasteiger partial charge on any atom is 0.322 e. The van der Waals surface area contributed by atoms with Gasteiger partial charge in [-0.05, 0) is 50.6 Å². The van der Waals surface area contributed by atoms with Gasteiger partial charge in [-0.3, -0.25) is 9.69 Å². The summed E-state index contributed by atoms with van der Waals surface area (Å²) in [5.74, 6) is 0.413. The molecule has 0 bridgehead atoms. The molecule has 2 saturated heterocycles. The molecular weight excluding hydrogens is 332 g/mol. The summed E-state index contributed by atoms with van der Waals surface area (Å²) in [6.45, 7) is 5.27. The van der Waals surface area contributed by atoms with Gasteiger partial charge in [0.05, 0.1) is 12.8 Å². The number of amides is 3. The molecule has 3 rings (SSSR count). The first-order chi connectivity index (χ1) is 12.6. The average molecular weight is 360 g/mol. The lowest BCUT2D eigenvalue weighted by atomic mass is 10.1. The number of ether oxygens (including phenoxy) is 1. The van der Waals surface area contributed by atoms with E-state index in [2.05, 4.69) is 15.5 Å². The van der Waals surface area contributed by atoms with Gasteiger partial charge in [-0.15, -0.1) is 0 Å². The monoisotopic (exact) mass is 360 g/mol. The van der Waals surface area contributed by atoms with Gasteiger partial charge in [0.2, 0.25) is 5.91 Å². The van der Waals surface area contributed by atoms with Crippen LogP contribution in [0.15, 0.2) is 18.2 Å². The van der Waals surface area contributed by atoms with Gasteiger partial charge in [0.15, 0.2) is 0 Å². The molecule has 7 nitrogen and oxygen atoms in total. The molecule has 2 heterocycles. The predicted octanol–water partition coefficient (Wildman–Crippen LogP) is 2.75. The molecule has 2 aliphatic heterocycles. The summed E-state index contributed by atoms with van der Waals surface area (Å²) in [5, 5.41) is 5.66. The number of likely N-dealkylation sites (tertiary alicyclic amines) is 2. The Morgan fingerprint density at radius 3 is 2.58 bits per heavy atom. The molecular formula is C19H28N4O3. The third-order valence-corrected chi connectivity index (χ3v) is 5.12. The third kappa shape index (κ3) is 4.46. The van der Waals surface area contributed by atoms with Crippen molar-refractivity contribution in [1.29, 1.82) is 0 Å². The van der Waals surface area contributed by atoms with Crippen LogP contribution in [0.4, 0.5) is 16.2 Å². The zero-order valence-corrected chi connectivity index (χ0v) is 15.6. The molecule has 26 heavy (non-hydrogen) atoms. The van der Waals surface area contributed by atoms with Gasteiger partial charge in [-0.1, -0.05) is 6.42 Å². The molecule has 7 heteroatoms. The van der Waals surface area contributed by atoms with Crippen molar-refractivity contribution in [3.05, 3.63) is 18.2 Å². The molecule has 1 atom stereocenters. The van der Waals surface area contributed by atoms with E-state index >= 15 is 0 Å². The van der Waals surface area contributed by atoms with E-state index in [9.17, 15) is 9.59 Å². The highest BCUT2D eigenvalue weighted by molar-refractivity contribution is 5.94. The SMILES string of the molecule is COc1ccc(NC(C)=O)cc1NC(=O)N1CC[C@@H](N2CCCCC2)C1. The van der Waals surface area contributed by atoms with E-state index in [1.165, 1.54) is 26.2 Å². The fourth-order valence-corrected chi connectivity index (χ4v) is 3.79. The van der Waals surface area contributed by atoms with Crippen molar-refractivity contribution < 1.29 is 14.3 Å². The molecule has 0 aromatic heterocycles. The summed E-state index contributed by atoms with van der Waals surface area (Å²) >= 11 is 0. The lowest BCUT2D eigenvalue weighted by molar-refractivity contribution is -0.114. The van der Waals surface area contributed by atoms with Crippen molar-refractivity contribution in [2.45, 2.75) is 38.6 Å². The number of methoxy groups -OCH3 is 1. The number of benzene rings is 1. The van der Waals surface area contributed by atoms with E-state index in [1.54, 1.807) is 25.3 Å². The van der Waals surface area contributed by atoms with Crippen LogP contribution in [0.3, 0.4) is 0 Å². The minimum atomic E-state index is -0.156. The number of rotatable bonds is 4. The highest BCUT2D eigenvalue weighted by atomic mass is 16.5. The first-order valence-electron chi connectivity index (χ1n) is 9.32. The zero-order valence-electron chi connectivity index (χ0n) is 15.6.